The van der Waals surface area contributed by atoms with E-state index in [0.29, 0.717) is 42.3 Å². The van der Waals surface area contributed by atoms with Crippen LogP contribution in [0, 0.1) is 5.82 Å². The van der Waals surface area contributed by atoms with E-state index in [-0.39, 0.29) is 11.9 Å². The average Bonchev–Trinajstić information content (AvgIpc) is 3.11. The topological polar surface area (TPSA) is 86.8 Å². The van der Waals surface area contributed by atoms with Crippen molar-refractivity contribution in [2.75, 3.05) is 48.8 Å². The molecule has 0 atom stereocenters. The van der Waals surface area contributed by atoms with E-state index < -0.39 is 5.82 Å². The molecule has 1 saturated heterocycles. The number of ether oxygens (including phenoxy) is 1. The number of methoxy groups -OCH3 is 1. The molecule has 0 bridgehead atoms. The predicted octanol–water partition coefficient (Wildman–Crippen LogP) is 4.23. The number of hydrogen-bond acceptors (Lipinski definition) is 5. The van der Waals surface area contributed by atoms with Gasteiger partial charge in [-0.25, -0.2) is 14.2 Å². The standard InChI is InChI=1S/C25H26FN5O3/c1-34-22-9-6-20(7-10-22)28-25(33)29-21-8-11-23(27-17-21)30-12-3-13-31(15-14-30)24(32)18-4-2-5-19(26)16-18/h2,4-11,16-17H,3,12-15H2,1H3,(H2,28,29,33). The molecule has 1 aliphatic rings. The molecule has 0 radical (unpaired) electrons. The molecule has 1 aliphatic heterocycles. The molecule has 1 aromatic heterocycles. The number of carbonyl (C=O) groups is 2. The molecule has 2 heterocycles. The van der Waals surface area contributed by atoms with Gasteiger partial charge in [-0.1, -0.05) is 6.07 Å². The van der Waals surface area contributed by atoms with Gasteiger partial charge in [0.2, 0.25) is 0 Å². The van der Waals surface area contributed by atoms with Crippen LogP contribution < -0.4 is 20.3 Å². The smallest absolute Gasteiger partial charge is 0.323 e. The van der Waals surface area contributed by atoms with E-state index in [4.69, 9.17) is 4.74 Å². The molecule has 8 nitrogen and oxygen atoms in total. The van der Waals surface area contributed by atoms with Gasteiger partial charge in [0.25, 0.3) is 5.91 Å². The van der Waals surface area contributed by atoms with Gasteiger partial charge in [0.15, 0.2) is 0 Å². The third-order valence-electron chi connectivity index (χ3n) is 5.53. The number of carbonyl (C=O) groups excluding carboxylic acids is 2. The number of urea groups is 1. The number of aromatic nitrogens is 1. The Kier molecular flexibility index (Phi) is 7.22. The quantitative estimate of drug-likeness (QED) is 0.592. The summed E-state index contributed by atoms with van der Waals surface area (Å²) in [4.78, 5) is 33.3. The molecule has 3 amide bonds. The Morgan fingerprint density at radius 3 is 2.41 bits per heavy atom. The normalized spacial score (nSPS) is 13.7. The number of nitrogens with one attached hydrogen (secondary N) is 2. The van der Waals surface area contributed by atoms with Gasteiger partial charge in [0.1, 0.15) is 17.4 Å². The maximum absolute atomic E-state index is 13.5. The number of anilines is 3. The highest BCUT2D eigenvalue weighted by atomic mass is 19.1. The van der Waals surface area contributed by atoms with Crippen molar-refractivity contribution in [3.05, 3.63) is 78.2 Å². The lowest BCUT2D eigenvalue weighted by atomic mass is 10.2. The van der Waals surface area contributed by atoms with Crippen LogP contribution in [0.1, 0.15) is 16.8 Å². The van der Waals surface area contributed by atoms with Crippen LogP contribution in [-0.2, 0) is 0 Å². The summed E-state index contributed by atoms with van der Waals surface area (Å²) in [6.45, 7) is 2.46. The second-order valence-corrected chi connectivity index (χ2v) is 7.86. The summed E-state index contributed by atoms with van der Waals surface area (Å²) in [7, 11) is 1.58. The molecular weight excluding hydrogens is 437 g/mol. The molecule has 34 heavy (non-hydrogen) atoms. The Morgan fingerprint density at radius 1 is 0.941 bits per heavy atom. The van der Waals surface area contributed by atoms with E-state index in [0.717, 1.165) is 18.8 Å². The molecule has 176 valence electrons. The zero-order valence-electron chi connectivity index (χ0n) is 18.8. The first-order valence-corrected chi connectivity index (χ1v) is 11.0. The largest absolute Gasteiger partial charge is 0.497 e. The summed E-state index contributed by atoms with van der Waals surface area (Å²) >= 11 is 0. The van der Waals surface area contributed by atoms with Crippen LogP contribution in [0.5, 0.6) is 5.75 Å². The number of benzene rings is 2. The van der Waals surface area contributed by atoms with E-state index in [2.05, 4.69) is 20.5 Å². The van der Waals surface area contributed by atoms with E-state index in [1.165, 1.54) is 12.1 Å². The Morgan fingerprint density at radius 2 is 1.71 bits per heavy atom. The molecule has 4 rings (SSSR count). The number of halogens is 1. The second-order valence-electron chi connectivity index (χ2n) is 7.86. The van der Waals surface area contributed by atoms with Crippen molar-refractivity contribution in [2.45, 2.75) is 6.42 Å². The van der Waals surface area contributed by atoms with Gasteiger partial charge in [-0.15, -0.1) is 0 Å². The van der Waals surface area contributed by atoms with Gasteiger partial charge in [0, 0.05) is 37.4 Å². The van der Waals surface area contributed by atoms with Crippen molar-refractivity contribution in [3.8, 4) is 5.75 Å². The summed E-state index contributed by atoms with van der Waals surface area (Å²) in [5.41, 5.74) is 1.56. The second kappa shape index (κ2) is 10.7. The van der Waals surface area contributed by atoms with Crippen molar-refractivity contribution in [2.24, 2.45) is 0 Å². The Hall–Kier alpha value is -4.14. The fraction of sp³-hybridized carbons (Fsp3) is 0.240. The third-order valence-corrected chi connectivity index (χ3v) is 5.53. The number of amides is 3. The van der Waals surface area contributed by atoms with Crippen molar-refractivity contribution in [1.82, 2.24) is 9.88 Å². The van der Waals surface area contributed by atoms with Crippen LogP contribution in [0.2, 0.25) is 0 Å². The molecule has 3 aromatic rings. The number of nitrogens with zero attached hydrogens (tertiary/aromatic N) is 3. The number of hydrogen-bond donors (Lipinski definition) is 2. The zero-order chi connectivity index (χ0) is 23.9. The van der Waals surface area contributed by atoms with E-state index in [1.807, 2.05) is 6.07 Å². The van der Waals surface area contributed by atoms with Crippen LogP contribution in [0.3, 0.4) is 0 Å². The van der Waals surface area contributed by atoms with Crippen molar-refractivity contribution < 1.29 is 18.7 Å². The van der Waals surface area contributed by atoms with Crippen molar-refractivity contribution in [1.29, 1.82) is 0 Å². The highest BCUT2D eigenvalue weighted by Crippen LogP contribution is 2.19. The van der Waals surface area contributed by atoms with Crippen LogP contribution in [0.4, 0.5) is 26.4 Å². The molecule has 0 aliphatic carbocycles. The predicted molar refractivity (Wildman–Crippen MR) is 129 cm³/mol. The first kappa shape index (κ1) is 23.0. The van der Waals surface area contributed by atoms with Crippen molar-refractivity contribution >= 4 is 29.1 Å². The third kappa shape index (κ3) is 5.80. The molecule has 0 unspecified atom stereocenters. The van der Waals surface area contributed by atoms with E-state index >= 15 is 0 Å². The average molecular weight is 464 g/mol. The first-order valence-electron chi connectivity index (χ1n) is 11.0. The number of pyridine rings is 1. The van der Waals surface area contributed by atoms with E-state index in [1.54, 1.807) is 60.7 Å². The zero-order valence-corrected chi connectivity index (χ0v) is 18.8. The summed E-state index contributed by atoms with van der Waals surface area (Å²) < 4.78 is 18.6. The number of rotatable bonds is 5. The SMILES string of the molecule is COc1ccc(NC(=O)Nc2ccc(N3CCCN(C(=O)c4cccc(F)c4)CC3)nc2)cc1. The lowest BCUT2D eigenvalue weighted by molar-refractivity contribution is 0.0766. The fourth-order valence-corrected chi connectivity index (χ4v) is 3.77. The molecular formula is C25H26FN5O3. The monoisotopic (exact) mass is 463 g/mol. The highest BCUT2D eigenvalue weighted by Gasteiger charge is 2.21. The minimum Gasteiger partial charge on any atom is -0.497 e. The van der Waals surface area contributed by atoms with Crippen LogP contribution in [-0.4, -0.2) is 55.1 Å². The van der Waals surface area contributed by atoms with Gasteiger partial charge < -0.3 is 25.2 Å². The minimum absolute atomic E-state index is 0.170. The van der Waals surface area contributed by atoms with Gasteiger partial charge >= 0.3 is 6.03 Å². The fourth-order valence-electron chi connectivity index (χ4n) is 3.77. The maximum atomic E-state index is 13.5. The maximum Gasteiger partial charge on any atom is 0.323 e. The molecule has 0 spiro atoms. The van der Waals surface area contributed by atoms with E-state index in [9.17, 15) is 14.0 Å². The minimum atomic E-state index is -0.419. The summed E-state index contributed by atoms with van der Waals surface area (Å²) in [6, 6.07) is 16.1. The molecule has 2 N–H and O–H groups in total. The summed E-state index contributed by atoms with van der Waals surface area (Å²) in [5, 5.41) is 5.52. The molecule has 2 aromatic carbocycles. The van der Waals surface area contributed by atoms with Crippen molar-refractivity contribution in [3.63, 3.8) is 0 Å². The summed E-state index contributed by atoms with van der Waals surface area (Å²) in [5.74, 6) is 0.886. The van der Waals surface area contributed by atoms with Gasteiger partial charge in [-0.05, 0) is 61.0 Å². The van der Waals surface area contributed by atoms with Crippen LogP contribution >= 0.6 is 0 Å². The van der Waals surface area contributed by atoms with Crippen LogP contribution in [0.15, 0.2) is 66.9 Å². The Balaban J connectivity index is 1.31. The van der Waals surface area contributed by atoms with Gasteiger partial charge in [0.05, 0.1) is 19.0 Å². The Bertz CT molecular complexity index is 1140. The molecule has 1 fully saturated rings. The van der Waals surface area contributed by atoms with Gasteiger partial charge in [-0.3, -0.25) is 4.79 Å². The van der Waals surface area contributed by atoms with Gasteiger partial charge in [-0.2, -0.15) is 0 Å². The Labute approximate surface area is 197 Å². The molecule has 0 saturated carbocycles. The molecule has 9 heteroatoms. The lowest BCUT2D eigenvalue weighted by Gasteiger charge is -2.23. The highest BCUT2D eigenvalue weighted by molar-refractivity contribution is 5.99. The van der Waals surface area contributed by atoms with Crippen LogP contribution in [0.25, 0.3) is 0 Å². The first-order chi connectivity index (χ1) is 16.5. The summed E-state index contributed by atoms with van der Waals surface area (Å²) in [6.07, 6.45) is 2.37. The lowest BCUT2D eigenvalue weighted by Crippen LogP contribution is -2.35.